The highest BCUT2D eigenvalue weighted by Gasteiger charge is 2.11. The molecule has 0 saturated heterocycles. The number of anilines is 1. The molecule has 108 valence electrons. The molecule has 2 rings (SSSR count). The van der Waals surface area contributed by atoms with Crippen molar-refractivity contribution in [2.45, 2.75) is 26.3 Å². The Hall–Kier alpha value is -2.47. The van der Waals surface area contributed by atoms with E-state index in [2.05, 4.69) is 24.4 Å². The van der Waals surface area contributed by atoms with Crippen LogP contribution in [0.4, 0.5) is 5.69 Å². The van der Waals surface area contributed by atoms with Crippen molar-refractivity contribution >= 4 is 5.69 Å². The van der Waals surface area contributed by atoms with Crippen LogP contribution in [-0.4, -0.2) is 13.2 Å². The SMILES string of the molecule is COc1ccccc1CC(C)Nc1cccc(C)c1C#N. The van der Waals surface area contributed by atoms with Crippen molar-refractivity contribution in [1.29, 1.82) is 5.26 Å². The van der Waals surface area contributed by atoms with Crippen LogP contribution in [-0.2, 0) is 6.42 Å². The van der Waals surface area contributed by atoms with Crippen molar-refractivity contribution in [1.82, 2.24) is 0 Å². The van der Waals surface area contributed by atoms with E-state index in [1.54, 1.807) is 7.11 Å². The summed E-state index contributed by atoms with van der Waals surface area (Å²) in [5.41, 5.74) is 3.75. The van der Waals surface area contributed by atoms with Crippen LogP contribution in [0.15, 0.2) is 42.5 Å². The molecular weight excluding hydrogens is 260 g/mol. The summed E-state index contributed by atoms with van der Waals surface area (Å²) in [7, 11) is 1.69. The molecule has 0 saturated carbocycles. The quantitative estimate of drug-likeness (QED) is 0.903. The van der Waals surface area contributed by atoms with Gasteiger partial charge in [0, 0.05) is 6.04 Å². The first-order valence-corrected chi connectivity index (χ1v) is 7.04. The van der Waals surface area contributed by atoms with Gasteiger partial charge in [-0.25, -0.2) is 0 Å². The molecule has 0 aliphatic rings. The summed E-state index contributed by atoms with van der Waals surface area (Å²) in [5, 5.41) is 12.7. The van der Waals surface area contributed by atoms with Gasteiger partial charge in [-0.15, -0.1) is 0 Å². The van der Waals surface area contributed by atoms with Gasteiger partial charge in [0.2, 0.25) is 0 Å². The highest BCUT2D eigenvalue weighted by molar-refractivity contribution is 5.61. The molecule has 3 heteroatoms. The largest absolute Gasteiger partial charge is 0.496 e. The third-order valence-electron chi connectivity index (χ3n) is 3.51. The zero-order valence-corrected chi connectivity index (χ0v) is 12.7. The number of nitrogens with zero attached hydrogens (tertiary/aromatic N) is 1. The van der Waals surface area contributed by atoms with E-state index in [9.17, 15) is 5.26 Å². The van der Waals surface area contributed by atoms with Crippen LogP contribution in [0.3, 0.4) is 0 Å². The van der Waals surface area contributed by atoms with Crippen molar-refractivity contribution in [2.24, 2.45) is 0 Å². The summed E-state index contributed by atoms with van der Waals surface area (Å²) >= 11 is 0. The average Bonchev–Trinajstić information content (AvgIpc) is 2.48. The minimum Gasteiger partial charge on any atom is -0.496 e. The molecule has 21 heavy (non-hydrogen) atoms. The molecule has 1 atom stereocenters. The molecule has 0 spiro atoms. The molecule has 0 aromatic heterocycles. The Morgan fingerprint density at radius 1 is 1.19 bits per heavy atom. The summed E-state index contributed by atoms with van der Waals surface area (Å²) in [6.45, 7) is 4.06. The fourth-order valence-electron chi connectivity index (χ4n) is 2.45. The molecular formula is C18H20N2O. The van der Waals surface area contributed by atoms with Crippen molar-refractivity contribution in [3.8, 4) is 11.8 Å². The Bertz CT molecular complexity index is 659. The number of rotatable bonds is 5. The predicted octanol–water partition coefficient (Wildman–Crippen LogP) is 3.92. The van der Waals surface area contributed by atoms with Gasteiger partial charge in [-0.2, -0.15) is 5.26 Å². The van der Waals surface area contributed by atoms with Gasteiger partial charge >= 0.3 is 0 Å². The highest BCUT2D eigenvalue weighted by atomic mass is 16.5. The Kier molecular flexibility index (Phi) is 4.84. The van der Waals surface area contributed by atoms with Gasteiger partial charge in [0.15, 0.2) is 0 Å². The number of aryl methyl sites for hydroxylation is 1. The minimum absolute atomic E-state index is 0.204. The number of hydrogen-bond acceptors (Lipinski definition) is 3. The van der Waals surface area contributed by atoms with E-state index in [-0.39, 0.29) is 6.04 Å². The number of hydrogen-bond donors (Lipinski definition) is 1. The Balaban J connectivity index is 2.14. The number of nitrogens with one attached hydrogen (secondary N) is 1. The molecule has 0 aliphatic carbocycles. The molecule has 2 aromatic rings. The maximum absolute atomic E-state index is 9.27. The fraction of sp³-hybridized carbons (Fsp3) is 0.278. The standard InChI is InChI=1S/C18H20N2O/c1-13-7-6-9-17(16(13)12-19)20-14(2)11-15-8-4-5-10-18(15)21-3/h4-10,14,20H,11H2,1-3H3. The lowest BCUT2D eigenvalue weighted by atomic mass is 10.0. The van der Waals surface area contributed by atoms with Crippen molar-refractivity contribution in [3.63, 3.8) is 0 Å². The third-order valence-corrected chi connectivity index (χ3v) is 3.51. The lowest BCUT2D eigenvalue weighted by Gasteiger charge is -2.18. The van der Waals surface area contributed by atoms with Gasteiger partial charge in [0.1, 0.15) is 11.8 Å². The lowest BCUT2D eigenvalue weighted by Crippen LogP contribution is -2.19. The summed E-state index contributed by atoms with van der Waals surface area (Å²) in [6, 6.07) is 16.4. The maximum atomic E-state index is 9.27. The van der Waals surface area contributed by atoms with E-state index in [1.807, 2.05) is 43.3 Å². The van der Waals surface area contributed by atoms with Gasteiger partial charge in [0.25, 0.3) is 0 Å². The summed E-state index contributed by atoms with van der Waals surface area (Å²) in [5.74, 6) is 0.899. The van der Waals surface area contributed by atoms with Gasteiger partial charge < -0.3 is 10.1 Å². The topological polar surface area (TPSA) is 45.0 Å². The molecule has 0 aliphatic heterocycles. The van der Waals surface area contributed by atoms with Crippen LogP contribution >= 0.6 is 0 Å². The average molecular weight is 280 g/mol. The lowest BCUT2D eigenvalue weighted by molar-refractivity contribution is 0.409. The van der Waals surface area contributed by atoms with Gasteiger partial charge in [-0.3, -0.25) is 0 Å². The Morgan fingerprint density at radius 2 is 1.95 bits per heavy atom. The van der Waals surface area contributed by atoms with Crippen LogP contribution in [0.1, 0.15) is 23.6 Å². The predicted molar refractivity (Wildman–Crippen MR) is 85.7 cm³/mol. The summed E-state index contributed by atoms with van der Waals surface area (Å²) in [6.07, 6.45) is 0.836. The normalized spacial score (nSPS) is 11.5. The van der Waals surface area contributed by atoms with Crippen molar-refractivity contribution < 1.29 is 4.74 Å². The third kappa shape index (κ3) is 3.55. The van der Waals surface area contributed by atoms with Crippen LogP contribution < -0.4 is 10.1 Å². The van der Waals surface area contributed by atoms with Crippen molar-refractivity contribution in [3.05, 3.63) is 59.2 Å². The number of benzene rings is 2. The molecule has 3 nitrogen and oxygen atoms in total. The molecule has 0 fully saturated rings. The van der Waals surface area contributed by atoms with Crippen LogP contribution in [0.2, 0.25) is 0 Å². The maximum Gasteiger partial charge on any atom is 0.122 e. The Morgan fingerprint density at radius 3 is 2.67 bits per heavy atom. The van der Waals surface area contributed by atoms with E-state index in [4.69, 9.17) is 4.74 Å². The molecule has 0 radical (unpaired) electrons. The van der Waals surface area contributed by atoms with E-state index in [0.29, 0.717) is 5.56 Å². The first-order valence-electron chi connectivity index (χ1n) is 7.04. The first kappa shape index (κ1) is 14.9. The number of para-hydroxylation sites is 1. The second kappa shape index (κ2) is 6.81. The molecule has 0 heterocycles. The molecule has 2 aromatic carbocycles. The zero-order valence-electron chi connectivity index (χ0n) is 12.7. The monoisotopic (exact) mass is 280 g/mol. The van der Waals surface area contributed by atoms with E-state index in [1.165, 1.54) is 0 Å². The molecule has 1 unspecified atom stereocenters. The zero-order chi connectivity index (χ0) is 15.2. The minimum atomic E-state index is 0.204. The molecule has 1 N–H and O–H groups in total. The van der Waals surface area contributed by atoms with E-state index in [0.717, 1.165) is 29.0 Å². The Labute approximate surface area is 126 Å². The molecule has 0 bridgehead atoms. The first-order chi connectivity index (χ1) is 10.2. The van der Waals surface area contributed by atoms with Gasteiger partial charge in [0.05, 0.1) is 18.4 Å². The summed E-state index contributed by atoms with van der Waals surface area (Å²) in [4.78, 5) is 0. The smallest absolute Gasteiger partial charge is 0.122 e. The van der Waals surface area contributed by atoms with Gasteiger partial charge in [-0.1, -0.05) is 30.3 Å². The van der Waals surface area contributed by atoms with Crippen LogP contribution in [0.25, 0.3) is 0 Å². The summed E-state index contributed by atoms with van der Waals surface area (Å²) < 4.78 is 5.38. The van der Waals surface area contributed by atoms with Crippen LogP contribution in [0.5, 0.6) is 5.75 Å². The second-order valence-corrected chi connectivity index (χ2v) is 5.17. The number of nitriles is 1. The number of methoxy groups -OCH3 is 1. The molecule has 0 amide bonds. The van der Waals surface area contributed by atoms with Gasteiger partial charge in [-0.05, 0) is 43.5 Å². The highest BCUT2D eigenvalue weighted by Crippen LogP contribution is 2.22. The fourth-order valence-corrected chi connectivity index (χ4v) is 2.45. The van der Waals surface area contributed by atoms with Crippen LogP contribution in [0, 0.1) is 18.3 Å². The second-order valence-electron chi connectivity index (χ2n) is 5.17. The van der Waals surface area contributed by atoms with E-state index >= 15 is 0 Å². The number of ether oxygens (including phenoxy) is 1. The van der Waals surface area contributed by atoms with Crippen molar-refractivity contribution in [2.75, 3.05) is 12.4 Å². The van der Waals surface area contributed by atoms with E-state index < -0.39 is 0 Å².